The van der Waals surface area contributed by atoms with Crippen LogP contribution in [0.4, 0.5) is 26.0 Å². The standard InChI is InChI=1S/C12H10BrF2N3/c1-6-2-10(15)11(4-9(6)14)18-12-8(13)3-7(16)5-17-12/h2-5H,16H2,1H3,(H,17,18). The molecule has 6 heteroatoms. The molecule has 2 aromatic rings. The van der Waals surface area contributed by atoms with Crippen molar-refractivity contribution in [3.8, 4) is 0 Å². The number of aromatic nitrogens is 1. The zero-order chi connectivity index (χ0) is 13.3. The van der Waals surface area contributed by atoms with E-state index in [1.54, 1.807) is 6.07 Å². The van der Waals surface area contributed by atoms with Gasteiger partial charge in [0.25, 0.3) is 0 Å². The average Bonchev–Trinajstić information content (AvgIpc) is 2.29. The van der Waals surface area contributed by atoms with Crippen molar-refractivity contribution >= 4 is 33.1 Å². The predicted molar refractivity (Wildman–Crippen MR) is 70.7 cm³/mol. The molecule has 0 fully saturated rings. The number of aryl methyl sites for hydroxylation is 1. The number of nitrogens with zero attached hydrogens (tertiary/aromatic N) is 1. The van der Waals surface area contributed by atoms with Gasteiger partial charge >= 0.3 is 0 Å². The summed E-state index contributed by atoms with van der Waals surface area (Å²) in [6.07, 6.45) is 1.43. The lowest BCUT2D eigenvalue weighted by Crippen LogP contribution is -2.00. The predicted octanol–water partition coefficient (Wildman–Crippen LogP) is 3.76. The first kappa shape index (κ1) is 12.8. The molecule has 0 unspecified atom stereocenters. The fourth-order valence-electron chi connectivity index (χ4n) is 1.41. The van der Waals surface area contributed by atoms with E-state index in [1.165, 1.54) is 13.1 Å². The number of rotatable bonds is 2. The van der Waals surface area contributed by atoms with Crippen LogP contribution in [0.5, 0.6) is 0 Å². The summed E-state index contributed by atoms with van der Waals surface area (Å²) in [7, 11) is 0. The highest BCUT2D eigenvalue weighted by atomic mass is 79.9. The van der Waals surface area contributed by atoms with Gasteiger partial charge in [-0.3, -0.25) is 0 Å². The van der Waals surface area contributed by atoms with Crippen molar-refractivity contribution in [2.45, 2.75) is 6.92 Å². The molecule has 0 spiro atoms. The lowest BCUT2D eigenvalue weighted by molar-refractivity contribution is 0.595. The van der Waals surface area contributed by atoms with E-state index in [9.17, 15) is 8.78 Å². The van der Waals surface area contributed by atoms with Crippen molar-refractivity contribution in [2.75, 3.05) is 11.1 Å². The highest BCUT2D eigenvalue weighted by Gasteiger charge is 2.09. The Bertz CT molecular complexity index is 602. The first-order valence-corrected chi connectivity index (χ1v) is 5.90. The lowest BCUT2D eigenvalue weighted by atomic mass is 10.2. The fraction of sp³-hybridized carbons (Fsp3) is 0.0833. The van der Waals surface area contributed by atoms with Crippen LogP contribution in [0.2, 0.25) is 0 Å². The van der Waals surface area contributed by atoms with E-state index in [0.29, 0.717) is 16.0 Å². The maximum Gasteiger partial charge on any atom is 0.147 e. The minimum atomic E-state index is -0.542. The van der Waals surface area contributed by atoms with Crippen LogP contribution >= 0.6 is 15.9 Å². The fourth-order valence-corrected chi connectivity index (χ4v) is 1.88. The summed E-state index contributed by atoms with van der Waals surface area (Å²) in [5.41, 5.74) is 6.29. The second kappa shape index (κ2) is 4.89. The molecule has 0 aliphatic rings. The first-order valence-electron chi connectivity index (χ1n) is 5.11. The van der Waals surface area contributed by atoms with Crippen LogP contribution in [0.25, 0.3) is 0 Å². The minimum Gasteiger partial charge on any atom is -0.397 e. The summed E-state index contributed by atoms with van der Waals surface area (Å²) in [6.45, 7) is 1.50. The maximum absolute atomic E-state index is 13.6. The van der Waals surface area contributed by atoms with Gasteiger partial charge in [0.2, 0.25) is 0 Å². The van der Waals surface area contributed by atoms with E-state index >= 15 is 0 Å². The zero-order valence-electron chi connectivity index (χ0n) is 9.47. The highest BCUT2D eigenvalue weighted by molar-refractivity contribution is 9.10. The van der Waals surface area contributed by atoms with Gasteiger partial charge < -0.3 is 11.1 Å². The number of hydrogen-bond donors (Lipinski definition) is 2. The molecule has 0 atom stereocenters. The Kier molecular flexibility index (Phi) is 3.47. The van der Waals surface area contributed by atoms with Crippen molar-refractivity contribution in [3.05, 3.63) is 46.1 Å². The maximum atomic E-state index is 13.6. The molecule has 18 heavy (non-hydrogen) atoms. The van der Waals surface area contributed by atoms with Crippen LogP contribution in [0.3, 0.4) is 0 Å². The Hall–Kier alpha value is -1.69. The molecule has 0 aliphatic carbocycles. The monoisotopic (exact) mass is 313 g/mol. The minimum absolute atomic E-state index is 0.0241. The van der Waals surface area contributed by atoms with Crippen molar-refractivity contribution in [2.24, 2.45) is 0 Å². The number of nitrogens with one attached hydrogen (secondary N) is 1. The SMILES string of the molecule is Cc1cc(F)c(Nc2ncc(N)cc2Br)cc1F. The summed E-state index contributed by atoms with van der Waals surface area (Å²) in [5.74, 6) is -0.656. The third-order valence-electron chi connectivity index (χ3n) is 2.36. The second-order valence-corrected chi connectivity index (χ2v) is 4.66. The lowest BCUT2D eigenvalue weighted by Gasteiger charge is -2.10. The van der Waals surface area contributed by atoms with Crippen molar-refractivity contribution in [1.82, 2.24) is 4.98 Å². The van der Waals surface area contributed by atoms with Crippen molar-refractivity contribution < 1.29 is 8.78 Å². The van der Waals surface area contributed by atoms with Crippen molar-refractivity contribution in [3.63, 3.8) is 0 Å². The number of nitrogen functional groups attached to an aromatic ring is 1. The number of hydrogen-bond acceptors (Lipinski definition) is 3. The number of nitrogens with two attached hydrogens (primary N) is 1. The van der Waals surface area contributed by atoms with Gasteiger partial charge in [-0.15, -0.1) is 0 Å². The van der Waals surface area contributed by atoms with E-state index < -0.39 is 11.6 Å². The van der Waals surface area contributed by atoms with Gasteiger partial charge in [-0.1, -0.05) is 0 Å². The third-order valence-corrected chi connectivity index (χ3v) is 2.97. The molecule has 3 nitrogen and oxygen atoms in total. The summed E-state index contributed by atoms with van der Waals surface area (Å²) in [4.78, 5) is 3.99. The normalized spacial score (nSPS) is 10.4. The van der Waals surface area contributed by atoms with Crippen LogP contribution in [0.1, 0.15) is 5.56 Å². The Morgan fingerprint density at radius 3 is 2.61 bits per heavy atom. The van der Waals surface area contributed by atoms with E-state index in [-0.39, 0.29) is 11.3 Å². The summed E-state index contributed by atoms with van der Waals surface area (Å²) in [6, 6.07) is 3.84. The average molecular weight is 314 g/mol. The number of pyridine rings is 1. The van der Waals surface area contributed by atoms with Crippen LogP contribution in [0.15, 0.2) is 28.9 Å². The summed E-state index contributed by atoms with van der Waals surface area (Å²) >= 11 is 3.24. The smallest absolute Gasteiger partial charge is 0.147 e. The Labute approximate surface area is 111 Å². The molecular formula is C12H10BrF2N3. The van der Waals surface area contributed by atoms with Crippen molar-refractivity contribution in [1.29, 1.82) is 0 Å². The van der Waals surface area contributed by atoms with E-state index in [4.69, 9.17) is 5.73 Å². The molecule has 0 saturated carbocycles. The topological polar surface area (TPSA) is 50.9 Å². The van der Waals surface area contributed by atoms with Gasteiger partial charge in [-0.2, -0.15) is 0 Å². The number of benzene rings is 1. The second-order valence-electron chi connectivity index (χ2n) is 3.81. The van der Waals surface area contributed by atoms with Gasteiger partial charge in [-0.05, 0) is 40.5 Å². The third kappa shape index (κ3) is 2.59. The highest BCUT2D eigenvalue weighted by Crippen LogP contribution is 2.27. The molecule has 0 saturated heterocycles. The first-order chi connectivity index (χ1) is 8.47. The zero-order valence-corrected chi connectivity index (χ0v) is 11.1. The molecule has 3 N–H and O–H groups in total. The van der Waals surface area contributed by atoms with Gasteiger partial charge in [0, 0.05) is 6.07 Å². The molecule has 0 aliphatic heterocycles. The van der Waals surface area contributed by atoms with Gasteiger partial charge in [-0.25, -0.2) is 13.8 Å². The van der Waals surface area contributed by atoms with Crippen LogP contribution in [0, 0.1) is 18.6 Å². The van der Waals surface area contributed by atoms with E-state index in [0.717, 1.165) is 12.1 Å². The molecule has 2 rings (SSSR count). The molecule has 1 aromatic carbocycles. The van der Waals surface area contributed by atoms with Crippen LogP contribution in [-0.2, 0) is 0 Å². The van der Waals surface area contributed by atoms with E-state index in [1.807, 2.05) is 0 Å². The molecule has 0 amide bonds. The van der Waals surface area contributed by atoms with Gasteiger partial charge in [0.15, 0.2) is 0 Å². The molecule has 1 aromatic heterocycles. The van der Waals surface area contributed by atoms with E-state index in [2.05, 4.69) is 26.2 Å². The quantitative estimate of drug-likeness (QED) is 0.887. The summed E-state index contributed by atoms with van der Waals surface area (Å²) < 4.78 is 27.6. The molecule has 0 bridgehead atoms. The van der Waals surface area contributed by atoms with Gasteiger partial charge in [0.1, 0.15) is 17.5 Å². The van der Waals surface area contributed by atoms with Crippen LogP contribution < -0.4 is 11.1 Å². The Morgan fingerprint density at radius 1 is 1.22 bits per heavy atom. The number of anilines is 3. The Morgan fingerprint density at radius 2 is 1.94 bits per heavy atom. The molecule has 1 heterocycles. The molecule has 0 radical (unpaired) electrons. The largest absolute Gasteiger partial charge is 0.397 e. The molecular weight excluding hydrogens is 304 g/mol. The van der Waals surface area contributed by atoms with Gasteiger partial charge in [0.05, 0.1) is 22.0 Å². The molecule has 94 valence electrons. The summed E-state index contributed by atoms with van der Waals surface area (Å²) in [5, 5.41) is 2.71. The Balaban J connectivity index is 2.37. The number of halogens is 3. The van der Waals surface area contributed by atoms with Crippen LogP contribution in [-0.4, -0.2) is 4.98 Å².